The van der Waals surface area contributed by atoms with E-state index >= 15 is 0 Å². The molecule has 1 aromatic rings. The van der Waals surface area contributed by atoms with Crippen molar-refractivity contribution < 1.29 is 13.2 Å². The Morgan fingerprint density at radius 2 is 2.19 bits per heavy atom. The van der Waals surface area contributed by atoms with Gasteiger partial charge in [-0.15, -0.1) is 0 Å². The molecule has 1 aromatic carbocycles. The molecule has 7 heteroatoms. The number of nitrogens with two attached hydrogens (primary N) is 1. The maximum Gasteiger partial charge on any atom is 0.241 e. The topological polar surface area (TPSA) is 81.4 Å². The van der Waals surface area contributed by atoms with Gasteiger partial charge in [-0.25, -0.2) is 13.1 Å². The van der Waals surface area contributed by atoms with E-state index in [-0.39, 0.29) is 17.0 Å². The Kier molecular flexibility index (Phi) is 5.43. The fraction of sp³-hybridized carbons (Fsp3) is 0.571. The van der Waals surface area contributed by atoms with Crippen molar-refractivity contribution in [3.8, 4) is 0 Å². The molecule has 1 aliphatic rings. The van der Waals surface area contributed by atoms with Crippen LogP contribution in [0.4, 0.5) is 0 Å². The fourth-order valence-electron chi connectivity index (χ4n) is 2.49. The summed E-state index contributed by atoms with van der Waals surface area (Å²) >= 11 is 3.40. The van der Waals surface area contributed by atoms with Crippen LogP contribution in [0.15, 0.2) is 21.5 Å². The third kappa shape index (κ3) is 4.04. The van der Waals surface area contributed by atoms with Crippen LogP contribution in [0.3, 0.4) is 0 Å². The van der Waals surface area contributed by atoms with Crippen molar-refractivity contribution in [3.63, 3.8) is 0 Å². The Morgan fingerprint density at radius 1 is 1.48 bits per heavy atom. The highest BCUT2D eigenvalue weighted by Crippen LogP contribution is 2.26. The first-order valence-corrected chi connectivity index (χ1v) is 9.24. The van der Waals surface area contributed by atoms with Gasteiger partial charge in [0.25, 0.3) is 0 Å². The lowest BCUT2D eigenvalue weighted by atomic mass is 10.1. The molecule has 2 rings (SSSR count). The van der Waals surface area contributed by atoms with E-state index in [2.05, 4.69) is 20.7 Å². The smallest absolute Gasteiger partial charge is 0.241 e. The molecular formula is C14H21BrN2O3S. The van der Waals surface area contributed by atoms with Crippen LogP contribution in [0.1, 0.15) is 30.9 Å². The van der Waals surface area contributed by atoms with Crippen molar-refractivity contribution in [2.24, 2.45) is 5.73 Å². The van der Waals surface area contributed by atoms with Gasteiger partial charge in [0, 0.05) is 23.7 Å². The summed E-state index contributed by atoms with van der Waals surface area (Å²) in [5, 5.41) is 0. The summed E-state index contributed by atoms with van der Waals surface area (Å²) in [6.45, 7) is 4.62. The van der Waals surface area contributed by atoms with Crippen molar-refractivity contribution >= 4 is 26.0 Å². The van der Waals surface area contributed by atoms with Gasteiger partial charge in [-0.2, -0.15) is 0 Å². The highest BCUT2D eigenvalue weighted by Gasteiger charge is 2.26. The van der Waals surface area contributed by atoms with E-state index in [0.29, 0.717) is 31.6 Å². The zero-order valence-electron chi connectivity index (χ0n) is 12.2. The van der Waals surface area contributed by atoms with E-state index in [1.165, 1.54) is 0 Å². The van der Waals surface area contributed by atoms with Crippen molar-refractivity contribution in [2.75, 3.05) is 6.61 Å². The molecule has 3 N–H and O–H groups in total. The summed E-state index contributed by atoms with van der Waals surface area (Å²) in [6.07, 6.45) is 1.46. The van der Waals surface area contributed by atoms with Gasteiger partial charge in [0.1, 0.15) is 0 Å². The Hall–Kier alpha value is -0.470. The van der Waals surface area contributed by atoms with Crippen LogP contribution in [-0.2, 0) is 21.3 Å². The quantitative estimate of drug-likeness (QED) is 0.842. The molecule has 1 heterocycles. The SMILES string of the molecule is Cc1c(Br)cc(CN)cc1S(=O)(=O)NC1CCOC(C)C1. The van der Waals surface area contributed by atoms with Gasteiger partial charge in [0.2, 0.25) is 10.0 Å². The molecule has 2 atom stereocenters. The van der Waals surface area contributed by atoms with E-state index < -0.39 is 10.0 Å². The molecule has 0 bridgehead atoms. The zero-order valence-corrected chi connectivity index (χ0v) is 14.6. The molecule has 1 aliphatic heterocycles. The third-order valence-corrected chi connectivity index (χ3v) is 6.16. The van der Waals surface area contributed by atoms with Crippen LogP contribution >= 0.6 is 15.9 Å². The normalized spacial score (nSPS) is 23.2. The van der Waals surface area contributed by atoms with E-state index in [1.807, 2.05) is 13.0 Å². The van der Waals surface area contributed by atoms with Crippen molar-refractivity contribution in [2.45, 2.75) is 50.3 Å². The highest BCUT2D eigenvalue weighted by atomic mass is 79.9. The molecule has 21 heavy (non-hydrogen) atoms. The number of nitrogens with one attached hydrogen (secondary N) is 1. The molecule has 0 spiro atoms. The summed E-state index contributed by atoms with van der Waals surface area (Å²) in [5.74, 6) is 0. The third-order valence-electron chi connectivity index (χ3n) is 3.69. The molecule has 0 aromatic heterocycles. The van der Waals surface area contributed by atoms with Crippen molar-refractivity contribution in [1.29, 1.82) is 0 Å². The molecule has 0 radical (unpaired) electrons. The minimum absolute atomic E-state index is 0.0784. The Labute approximate surface area is 134 Å². The predicted molar refractivity (Wildman–Crippen MR) is 85.5 cm³/mol. The Bertz CT molecular complexity index is 619. The van der Waals surface area contributed by atoms with Crippen LogP contribution in [0.2, 0.25) is 0 Å². The predicted octanol–water partition coefficient (Wildman–Crippen LogP) is 2.06. The van der Waals surface area contributed by atoms with E-state index in [9.17, 15) is 8.42 Å². The van der Waals surface area contributed by atoms with Gasteiger partial charge in [0.15, 0.2) is 0 Å². The van der Waals surface area contributed by atoms with E-state index in [0.717, 1.165) is 10.0 Å². The molecule has 5 nitrogen and oxygen atoms in total. The van der Waals surface area contributed by atoms with Gasteiger partial charge in [-0.3, -0.25) is 0 Å². The van der Waals surface area contributed by atoms with Crippen molar-refractivity contribution in [3.05, 3.63) is 27.7 Å². The monoisotopic (exact) mass is 376 g/mol. The van der Waals surface area contributed by atoms with Crippen LogP contribution < -0.4 is 10.5 Å². The minimum atomic E-state index is -3.56. The molecule has 1 fully saturated rings. The number of hydrogen-bond acceptors (Lipinski definition) is 4. The average molecular weight is 377 g/mol. The number of rotatable bonds is 4. The van der Waals surface area contributed by atoms with Gasteiger partial charge in [0.05, 0.1) is 11.0 Å². The Balaban J connectivity index is 2.29. The highest BCUT2D eigenvalue weighted by molar-refractivity contribution is 9.10. The van der Waals surface area contributed by atoms with E-state index in [4.69, 9.17) is 10.5 Å². The minimum Gasteiger partial charge on any atom is -0.378 e. The maximum absolute atomic E-state index is 12.6. The van der Waals surface area contributed by atoms with E-state index in [1.54, 1.807) is 13.0 Å². The summed E-state index contributed by atoms with van der Waals surface area (Å²) in [4.78, 5) is 0.288. The Morgan fingerprint density at radius 3 is 2.81 bits per heavy atom. The second-order valence-electron chi connectivity index (χ2n) is 5.43. The second kappa shape index (κ2) is 6.75. The van der Waals surface area contributed by atoms with Crippen molar-refractivity contribution in [1.82, 2.24) is 4.72 Å². The maximum atomic E-state index is 12.6. The second-order valence-corrected chi connectivity index (χ2v) is 7.97. The lowest BCUT2D eigenvalue weighted by Crippen LogP contribution is -2.41. The lowest BCUT2D eigenvalue weighted by molar-refractivity contribution is 0.0173. The zero-order chi connectivity index (χ0) is 15.6. The van der Waals surface area contributed by atoms with Gasteiger partial charge < -0.3 is 10.5 Å². The first-order valence-electron chi connectivity index (χ1n) is 6.96. The average Bonchev–Trinajstić information content (AvgIpc) is 2.41. The summed E-state index contributed by atoms with van der Waals surface area (Å²) in [7, 11) is -3.56. The number of ether oxygens (including phenoxy) is 1. The van der Waals surface area contributed by atoms with Crippen LogP contribution in [0.5, 0.6) is 0 Å². The standard InChI is InChI=1S/C14H21BrN2O3S/c1-9-5-12(3-4-20-9)17-21(18,19)14-7-11(8-16)6-13(15)10(14)2/h6-7,9,12,17H,3-5,8,16H2,1-2H3. The number of halogens is 1. The van der Waals surface area contributed by atoms with Gasteiger partial charge in [-0.05, 0) is 49.9 Å². The summed E-state index contributed by atoms with van der Waals surface area (Å²) < 4.78 is 34.3. The molecule has 0 saturated carbocycles. The molecule has 0 aliphatic carbocycles. The van der Waals surface area contributed by atoms with Crippen LogP contribution in [0, 0.1) is 6.92 Å². The summed E-state index contributed by atoms with van der Waals surface area (Å²) in [6, 6.07) is 3.41. The lowest BCUT2D eigenvalue weighted by Gasteiger charge is -2.28. The van der Waals surface area contributed by atoms with Crippen LogP contribution in [0.25, 0.3) is 0 Å². The first-order chi connectivity index (χ1) is 9.83. The van der Waals surface area contributed by atoms with Crippen LogP contribution in [-0.4, -0.2) is 27.2 Å². The molecule has 2 unspecified atom stereocenters. The van der Waals surface area contributed by atoms with Gasteiger partial charge >= 0.3 is 0 Å². The number of benzene rings is 1. The number of sulfonamides is 1. The first kappa shape index (κ1) is 16.9. The summed E-state index contributed by atoms with van der Waals surface area (Å²) in [5.41, 5.74) is 7.11. The molecule has 0 amide bonds. The molecular weight excluding hydrogens is 356 g/mol. The molecule has 1 saturated heterocycles. The molecule has 118 valence electrons. The largest absolute Gasteiger partial charge is 0.378 e. The van der Waals surface area contributed by atoms with Gasteiger partial charge in [-0.1, -0.05) is 15.9 Å². The fourth-order valence-corrected chi connectivity index (χ4v) is 4.73. The number of hydrogen-bond donors (Lipinski definition) is 2.